The molecule has 0 spiro atoms. The van der Waals surface area contributed by atoms with Gasteiger partial charge in [0.1, 0.15) is 16.4 Å². The molecule has 1 atom stereocenters. The van der Waals surface area contributed by atoms with Crippen LogP contribution in [0.3, 0.4) is 0 Å². The molecule has 152 valence electrons. The van der Waals surface area contributed by atoms with Crippen LogP contribution in [0, 0.1) is 0 Å². The van der Waals surface area contributed by atoms with Gasteiger partial charge in [-0.1, -0.05) is 18.2 Å². The minimum absolute atomic E-state index is 0.340. The van der Waals surface area contributed by atoms with Gasteiger partial charge in [0.2, 0.25) is 5.95 Å². The molecule has 1 saturated heterocycles. The van der Waals surface area contributed by atoms with Crippen molar-refractivity contribution in [2.24, 2.45) is 4.36 Å². The van der Waals surface area contributed by atoms with E-state index in [1.54, 1.807) is 6.20 Å². The summed E-state index contributed by atoms with van der Waals surface area (Å²) in [6.07, 6.45) is 7.90. The topological polar surface area (TPSA) is 75.1 Å². The lowest BCUT2D eigenvalue weighted by atomic mass is 9.90. The van der Waals surface area contributed by atoms with Gasteiger partial charge >= 0.3 is 0 Å². The number of benzene rings is 1. The van der Waals surface area contributed by atoms with Gasteiger partial charge in [0.25, 0.3) is 0 Å². The molecule has 2 aliphatic heterocycles. The summed E-state index contributed by atoms with van der Waals surface area (Å²) in [6.45, 7) is 6.06. The summed E-state index contributed by atoms with van der Waals surface area (Å²) in [7, 11) is -0.340. The van der Waals surface area contributed by atoms with E-state index in [0.717, 1.165) is 46.5 Å². The van der Waals surface area contributed by atoms with Crippen LogP contribution in [-0.4, -0.2) is 33.8 Å². The molecule has 2 aromatic heterocycles. The number of nitrogens with one attached hydrogen (secondary N) is 2. The lowest BCUT2D eigenvalue weighted by Gasteiger charge is -2.23. The monoisotopic (exact) mass is 416 g/mol. The van der Waals surface area contributed by atoms with E-state index >= 15 is 0 Å². The third kappa shape index (κ3) is 3.78. The van der Waals surface area contributed by atoms with Crippen molar-refractivity contribution in [3.8, 4) is 11.3 Å². The highest BCUT2D eigenvalue weighted by molar-refractivity contribution is 7.87. The molecule has 0 saturated carbocycles. The van der Waals surface area contributed by atoms with Crippen LogP contribution < -0.4 is 10.6 Å². The molecule has 2 N–H and O–H groups in total. The van der Waals surface area contributed by atoms with E-state index < -0.39 is 0 Å². The van der Waals surface area contributed by atoms with Crippen molar-refractivity contribution >= 4 is 28.0 Å². The predicted octanol–water partition coefficient (Wildman–Crippen LogP) is 4.74. The van der Waals surface area contributed by atoms with Gasteiger partial charge in [0.15, 0.2) is 0 Å². The van der Waals surface area contributed by atoms with E-state index in [1.165, 1.54) is 18.4 Å². The van der Waals surface area contributed by atoms with Crippen molar-refractivity contribution in [1.82, 2.24) is 20.3 Å². The first-order valence-electron chi connectivity index (χ1n) is 10.3. The molecular formula is C23H24N6S. The number of hydrogen-bond donors (Lipinski definition) is 2. The number of anilines is 2. The number of nitrogens with zero attached hydrogens (tertiary/aromatic N) is 4. The third-order valence-corrected chi connectivity index (χ3v) is 7.22. The summed E-state index contributed by atoms with van der Waals surface area (Å²) in [5.74, 6) is 1.99. The lowest BCUT2D eigenvalue weighted by Crippen LogP contribution is -2.26. The van der Waals surface area contributed by atoms with Gasteiger partial charge in [0, 0.05) is 23.2 Å². The normalized spacial score (nSPS) is 18.1. The minimum atomic E-state index is -0.340. The Balaban J connectivity index is 1.41. The molecule has 7 heteroatoms. The molecule has 2 aliphatic rings. The van der Waals surface area contributed by atoms with Gasteiger partial charge in [-0.25, -0.2) is 19.3 Å². The Hall–Kier alpha value is -2.90. The summed E-state index contributed by atoms with van der Waals surface area (Å²) in [5.41, 5.74) is 5.06. The largest absolute Gasteiger partial charge is 0.324 e. The van der Waals surface area contributed by atoms with Gasteiger partial charge in [-0.2, -0.15) is 0 Å². The molecule has 0 bridgehead atoms. The Kier molecular flexibility index (Phi) is 5.38. The molecule has 1 aromatic carbocycles. The van der Waals surface area contributed by atoms with Gasteiger partial charge in [-0.05, 0) is 72.4 Å². The Bertz CT molecular complexity index is 1100. The summed E-state index contributed by atoms with van der Waals surface area (Å²) in [5, 5.41) is 7.74. The van der Waals surface area contributed by atoms with Crippen LogP contribution in [0.15, 0.2) is 70.8 Å². The SMILES string of the molecule is C=CCS1=Nc2cnc(Nc3ccc(C4CCNCC4)cc3)nc2-c2cccnc21. The molecular weight excluding hydrogens is 392 g/mol. The van der Waals surface area contributed by atoms with E-state index in [1.807, 2.05) is 18.3 Å². The van der Waals surface area contributed by atoms with Crippen LogP contribution in [0.2, 0.25) is 0 Å². The van der Waals surface area contributed by atoms with Crippen LogP contribution in [0.25, 0.3) is 11.3 Å². The number of piperidine rings is 1. The van der Waals surface area contributed by atoms with Crippen LogP contribution in [0.1, 0.15) is 24.3 Å². The number of hydrogen-bond acceptors (Lipinski definition) is 6. The third-order valence-electron chi connectivity index (χ3n) is 5.48. The second-order valence-corrected chi connectivity index (χ2v) is 9.10. The fraction of sp³-hybridized carbons (Fsp3) is 0.261. The highest BCUT2D eigenvalue weighted by atomic mass is 32.2. The Morgan fingerprint density at radius 2 is 1.97 bits per heavy atom. The number of pyridine rings is 1. The standard InChI is InChI=1S/C23H24N6S/c1-2-14-30-22-19(4-3-11-25-22)21-20(29-30)15-26-23(28-21)27-18-7-5-16(6-8-18)17-9-12-24-13-10-17/h2-8,11,15,17,24H,1,9-10,12-14H2,(H,26,27,28). The predicted molar refractivity (Wildman–Crippen MR) is 123 cm³/mol. The van der Waals surface area contributed by atoms with Crippen molar-refractivity contribution in [3.63, 3.8) is 0 Å². The first-order valence-corrected chi connectivity index (χ1v) is 11.6. The highest BCUT2D eigenvalue weighted by Gasteiger charge is 2.21. The molecule has 0 amide bonds. The zero-order valence-electron chi connectivity index (χ0n) is 16.7. The molecule has 0 radical (unpaired) electrons. The maximum absolute atomic E-state index is 4.82. The molecule has 1 unspecified atom stereocenters. The fourth-order valence-electron chi connectivity index (χ4n) is 3.97. The zero-order chi connectivity index (χ0) is 20.3. The van der Waals surface area contributed by atoms with Crippen LogP contribution in [-0.2, 0) is 10.7 Å². The summed E-state index contributed by atoms with van der Waals surface area (Å²) in [4.78, 5) is 13.8. The number of aromatic nitrogens is 3. The van der Waals surface area contributed by atoms with Crippen molar-refractivity contribution in [2.45, 2.75) is 23.8 Å². The molecule has 0 aliphatic carbocycles. The van der Waals surface area contributed by atoms with E-state index in [4.69, 9.17) is 9.35 Å². The van der Waals surface area contributed by atoms with Gasteiger partial charge in [0.05, 0.1) is 6.20 Å². The minimum Gasteiger partial charge on any atom is -0.324 e. The van der Waals surface area contributed by atoms with E-state index in [-0.39, 0.29) is 10.7 Å². The van der Waals surface area contributed by atoms with Gasteiger partial charge in [-0.3, -0.25) is 0 Å². The number of rotatable bonds is 5. The maximum atomic E-state index is 4.82. The van der Waals surface area contributed by atoms with Gasteiger partial charge < -0.3 is 10.6 Å². The fourth-order valence-corrected chi connectivity index (χ4v) is 5.49. The molecule has 5 rings (SSSR count). The first kappa shape index (κ1) is 19.1. The molecule has 4 heterocycles. The smallest absolute Gasteiger partial charge is 0.227 e. The summed E-state index contributed by atoms with van der Waals surface area (Å²) < 4.78 is 4.82. The molecule has 30 heavy (non-hydrogen) atoms. The first-order chi connectivity index (χ1) is 14.8. The quantitative estimate of drug-likeness (QED) is 0.588. The lowest BCUT2D eigenvalue weighted by molar-refractivity contribution is 0.460. The summed E-state index contributed by atoms with van der Waals surface area (Å²) in [6, 6.07) is 12.7. The molecule has 3 aromatic rings. The second kappa shape index (κ2) is 8.45. The molecule has 6 nitrogen and oxygen atoms in total. The van der Waals surface area contributed by atoms with Crippen LogP contribution >= 0.6 is 0 Å². The van der Waals surface area contributed by atoms with Crippen molar-refractivity contribution < 1.29 is 0 Å². The Morgan fingerprint density at radius 3 is 2.77 bits per heavy atom. The average Bonchev–Trinajstić information content (AvgIpc) is 2.81. The van der Waals surface area contributed by atoms with Crippen molar-refractivity contribution in [2.75, 3.05) is 24.2 Å². The van der Waals surface area contributed by atoms with Gasteiger partial charge in [-0.15, -0.1) is 6.58 Å². The van der Waals surface area contributed by atoms with Crippen molar-refractivity contribution in [3.05, 3.63) is 67.0 Å². The summed E-state index contributed by atoms with van der Waals surface area (Å²) >= 11 is 0. The van der Waals surface area contributed by atoms with E-state index in [9.17, 15) is 0 Å². The van der Waals surface area contributed by atoms with E-state index in [2.05, 4.69) is 57.5 Å². The highest BCUT2D eigenvalue weighted by Crippen LogP contribution is 2.38. The maximum Gasteiger partial charge on any atom is 0.227 e. The second-order valence-electron chi connectivity index (χ2n) is 7.47. The van der Waals surface area contributed by atoms with Crippen LogP contribution in [0.4, 0.5) is 17.3 Å². The average molecular weight is 417 g/mol. The molecule has 1 fully saturated rings. The van der Waals surface area contributed by atoms with E-state index in [0.29, 0.717) is 11.9 Å². The van der Waals surface area contributed by atoms with Crippen molar-refractivity contribution in [1.29, 1.82) is 0 Å². The number of fused-ring (bicyclic) bond motifs is 3. The van der Waals surface area contributed by atoms with Crippen LogP contribution in [0.5, 0.6) is 0 Å². The zero-order valence-corrected chi connectivity index (χ0v) is 17.5. The Labute approximate surface area is 179 Å². The Morgan fingerprint density at radius 1 is 1.13 bits per heavy atom.